The van der Waals surface area contributed by atoms with Crippen LogP contribution in [0.15, 0.2) is 40.9 Å². The van der Waals surface area contributed by atoms with Crippen molar-refractivity contribution in [1.82, 2.24) is 0 Å². The molecule has 1 fully saturated rings. The molecule has 1 heterocycles. The van der Waals surface area contributed by atoms with Gasteiger partial charge in [0.25, 0.3) is 0 Å². The summed E-state index contributed by atoms with van der Waals surface area (Å²) in [4.78, 5) is 24.7. The Bertz CT molecular complexity index is 666. The molecule has 1 aliphatic rings. The van der Waals surface area contributed by atoms with Crippen LogP contribution >= 0.6 is 15.9 Å². The summed E-state index contributed by atoms with van der Waals surface area (Å²) in [6, 6.07) is 11.6. The Hall–Kier alpha value is -1.68. The lowest BCUT2D eigenvalue weighted by atomic mass is 10.1. The van der Waals surface area contributed by atoms with Gasteiger partial charge in [0.1, 0.15) is 0 Å². The summed E-state index contributed by atoms with van der Waals surface area (Å²) in [5.41, 5.74) is 0.810. The third kappa shape index (κ3) is 1.73. The van der Waals surface area contributed by atoms with Gasteiger partial charge in [0.2, 0.25) is 5.91 Å². The maximum Gasteiger partial charge on any atom is 0.234 e. The molecule has 0 aromatic heterocycles. The SMILES string of the molecule is O=C1CC(=O)N(c2cccc3c(Br)cccc23)C1. The minimum atomic E-state index is -0.118. The van der Waals surface area contributed by atoms with E-state index in [0.717, 1.165) is 20.9 Å². The monoisotopic (exact) mass is 303 g/mol. The van der Waals surface area contributed by atoms with E-state index in [1.165, 1.54) is 0 Å². The fraction of sp³-hybridized carbons (Fsp3) is 0.143. The van der Waals surface area contributed by atoms with Crippen molar-refractivity contribution in [2.75, 3.05) is 11.4 Å². The van der Waals surface area contributed by atoms with Crippen LogP contribution in [0.2, 0.25) is 0 Å². The average molecular weight is 304 g/mol. The average Bonchev–Trinajstić information content (AvgIpc) is 2.68. The molecular weight excluding hydrogens is 294 g/mol. The lowest BCUT2D eigenvalue weighted by Gasteiger charge is -2.17. The van der Waals surface area contributed by atoms with E-state index in [4.69, 9.17) is 0 Å². The maximum atomic E-state index is 11.8. The second-order valence-electron chi connectivity index (χ2n) is 4.31. The van der Waals surface area contributed by atoms with Crippen molar-refractivity contribution < 1.29 is 9.59 Å². The van der Waals surface area contributed by atoms with Gasteiger partial charge >= 0.3 is 0 Å². The van der Waals surface area contributed by atoms with Gasteiger partial charge in [-0.05, 0) is 17.5 Å². The first-order valence-electron chi connectivity index (χ1n) is 5.66. The molecular formula is C14H10BrNO2. The van der Waals surface area contributed by atoms with Crippen LogP contribution in [0.25, 0.3) is 10.8 Å². The van der Waals surface area contributed by atoms with Crippen LogP contribution in [-0.2, 0) is 9.59 Å². The molecule has 0 saturated carbocycles. The Labute approximate surface area is 113 Å². The number of ketones is 1. The number of benzene rings is 2. The third-order valence-electron chi connectivity index (χ3n) is 3.12. The molecule has 0 aliphatic carbocycles. The standard InChI is InChI=1S/C14H10BrNO2/c15-12-5-1-4-11-10(12)3-2-6-13(11)16-8-9(17)7-14(16)18/h1-6H,7-8H2. The first-order chi connectivity index (χ1) is 8.66. The molecule has 0 bridgehead atoms. The van der Waals surface area contributed by atoms with Gasteiger partial charge in [0.05, 0.1) is 18.7 Å². The summed E-state index contributed by atoms with van der Waals surface area (Å²) in [5.74, 6) is -0.139. The highest BCUT2D eigenvalue weighted by Crippen LogP contribution is 2.32. The number of amides is 1. The summed E-state index contributed by atoms with van der Waals surface area (Å²) >= 11 is 3.50. The molecule has 1 amide bonds. The summed E-state index contributed by atoms with van der Waals surface area (Å²) in [7, 11) is 0. The molecule has 90 valence electrons. The van der Waals surface area contributed by atoms with Crippen LogP contribution in [0.4, 0.5) is 5.69 Å². The van der Waals surface area contributed by atoms with Gasteiger partial charge in [-0.3, -0.25) is 9.59 Å². The molecule has 2 aromatic rings. The topological polar surface area (TPSA) is 37.4 Å². The molecule has 0 spiro atoms. The van der Waals surface area contributed by atoms with Crippen LogP contribution in [0, 0.1) is 0 Å². The number of anilines is 1. The van der Waals surface area contributed by atoms with Gasteiger partial charge < -0.3 is 4.90 Å². The quantitative estimate of drug-likeness (QED) is 0.760. The molecule has 0 radical (unpaired) electrons. The molecule has 0 N–H and O–H groups in total. The number of halogens is 1. The number of carbonyl (C=O) groups excluding carboxylic acids is 2. The van der Waals surface area contributed by atoms with Gasteiger partial charge in [-0.1, -0.05) is 40.2 Å². The minimum absolute atomic E-state index is 0.0182. The van der Waals surface area contributed by atoms with Crippen molar-refractivity contribution in [3.63, 3.8) is 0 Å². The van der Waals surface area contributed by atoms with Crippen LogP contribution in [-0.4, -0.2) is 18.2 Å². The summed E-state index contributed by atoms with van der Waals surface area (Å²) in [6.45, 7) is 0.185. The number of nitrogens with zero attached hydrogens (tertiary/aromatic N) is 1. The molecule has 1 saturated heterocycles. The smallest absolute Gasteiger partial charge is 0.234 e. The van der Waals surface area contributed by atoms with E-state index in [9.17, 15) is 9.59 Å². The normalized spacial score (nSPS) is 15.7. The number of carbonyl (C=O) groups is 2. The van der Waals surface area contributed by atoms with E-state index in [1.807, 2.05) is 36.4 Å². The van der Waals surface area contributed by atoms with E-state index in [1.54, 1.807) is 4.90 Å². The Morgan fingerprint density at radius 3 is 2.44 bits per heavy atom. The second-order valence-corrected chi connectivity index (χ2v) is 5.16. The number of hydrogen-bond donors (Lipinski definition) is 0. The molecule has 3 rings (SSSR count). The first kappa shape index (κ1) is 11.4. The van der Waals surface area contributed by atoms with Crippen molar-refractivity contribution in [2.45, 2.75) is 6.42 Å². The zero-order valence-electron chi connectivity index (χ0n) is 9.52. The number of Topliss-reactive ketones (excluding diaryl/α,β-unsaturated/α-hetero) is 1. The van der Waals surface area contributed by atoms with Gasteiger partial charge in [0.15, 0.2) is 5.78 Å². The number of fused-ring (bicyclic) bond motifs is 1. The predicted octanol–water partition coefficient (Wildman–Crippen LogP) is 2.91. The van der Waals surface area contributed by atoms with E-state index >= 15 is 0 Å². The van der Waals surface area contributed by atoms with Crippen LogP contribution in [0.3, 0.4) is 0 Å². The van der Waals surface area contributed by atoms with Crippen LogP contribution < -0.4 is 4.90 Å². The minimum Gasteiger partial charge on any atom is -0.304 e. The fourth-order valence-electron chi connectivity index (χ4n) is 2.29. The Morgan fingerprint density at radius 1 is 1.00 bits per heavy atom. The van der Waals surface area contributed by atoms with Crippen molar-refractivity contribution in [2.24, 2.45) is 0 Å². The highest BCUT2D eigenvalue weighted by molar-refractivity contribution is 9.10. The molecule has 1 aliphatic heterocycles. The highest BCUT2D eigenvalue weighted by Gasteiger charge is 2.29. The molecule has 2 aromatic carbocycles. The summed E-state index contributed by atoms with van der Waals surface area (Å²) < 4.78 is 0.986. The van der Waals surface area contributed by atoms with Crippen LogP contribution in [0.5, 0.6) is 0 Å². The lowest BCUT2D eigenvalue weighted by molar-refractivity contribution is -0.121. The molecule has 18 heavy (non-hydrogen) atoms. The van der Waals surface area contributed by atoms with Crippen LogP contribution in [0.1, 0.15) is 6.42 Å². The van der Waals surface area contributed by atoms with Crippen molar-refractivity contribution in [3.8, 4) is 0 Å². The van der Waals surface area contributed by atoms with E-state index in [2.05, 4.69) is 15.9 Å². The van der Waals surface area contributed by atoms with E-state index in [0.29, 0.717) is 0 Å². The predicted molar refractivity (Wildman–Crippen MR) is 73.6 cm³/mol. The van der Waals surface area contributed by atoms with Gasteiger partial charge in [-0.2, -0.15) is 0 Å². The van der Waals surface area contributed by atoms with Gasteiger partial charge in [-0.15, -0.1) is 0 Å². The molecule has 0 unspecified atom stereocenters. The van der Waals surface area contributed by atoms with E-state index < -0.39 is 0 Å². The zero-order valence-corrected chi connectivity index (χ0v) is 11.1. The summed E-state index contributed by atoms with van der Waals surface area (Å²) in [5, 5.41) is 2.03. The second kappa shape index (κ2) is 4.21. The Morgan fingerprint density at radius 2 is 1.72 bits per heavy atom. The first-order valence-corrected chi connectivity index (χ1v) is 6.45. The third-order valence-corrected chi connectivity index (χ3v) is 3.81. The maximum absolute atomic E-state index is 11.8. The van der Waals surface area contributed by atoms with E-state index in [-0.39, 0.29) is 24.7 Å². The molecule has 0 atom stereocenters. The Kier molecular flexibility index (Phi) is 2.67. The zero-order chi connectivity index (χ0) is 12.7. The highest BCUT2D eigenvalue weighted by atomic mass is 79.9. The Balaban J connectivity index is 2.21. The molecule has 3 nitrogen and oxygen atoms in total. The van der Waals surface area contributed by atoms with Gasteiger partial charge in [-0.25, -0.2) is 0 Å². The lowest BCUT2D eigenvalue weighted by Crippen LogP contribution is -2.24. The van der Waals surface area contributed by atoms with Crippen molar-refractivity contribution in [1.29, 1.82) is 0 Å². The number of hydrogen-bond acceptors (Lipinski definition) is 2. The fourth-order valence-corrected chi connectivity index (χ4v) is 2.79. The summed E-state index contributed by atoms with van der Waals surface area (Å²) in [6.07, 6.45) is 0.0182. The van der Waals surface area contributed by atoms with Gasteiger partial charge in [0, 0.05) is 9.86 Å². The van der Waals surface area contributed by atoms with Crippen molar-refractivity contribution >= 4 is 44.1 Å². The largest absolute Gasteiger partial charge is 0.304 e. The number of rotatable bonds is 1. The van der Waals surface area contributed by atoms with Crippen molar-refractivity contribution in [3.05, 3.63) is 40.9 Å². The molecule has 4 heteroatoms.